The lowest BCUT2D eigenvalue weighted by molar-refractivity contribution is -0.143. The maximum absolute atomic E-state index is 12.2. The molecule has 0 spiro atoms. The minimum atomic E-state index is -0.931. The predicted octanol–water partition coefficient (Wildman–Crippen LogP) is 2.26. The number of ether oxygens (including phenoxy) is 1. The first kappa shape index (κ1) is 19.3. The molecule has 0 unspecified atom stereocenters. The van der Waals surface area contributed by atoms with Crippen LogP contribution in [0.3, 0.4) is 0 Å². The van der Waals surface area contributed by atoms with E-state index in [1.54, 1.807) is 47.3 Å². The Bertz CT molecular complexity index is 760. The highest BCUT2D eigenvalue weighted by molar-refractivity contribution is 7.09. The Morgan fingerprint density at radius 2 is 2.04 bits per heavy atom. The number of hydrogen-bond acceptors (Lipinski definition) is 6. The summed E-state index contributed by atoms with van der Waals surface area (Å²) in [5.41, 5.74) is 1.27. The SMILES string of the molecule is CN(Cc1nccs1)[C@H](C(=O)O)c1ccc(NC(=O)N2CCOCC2)cc1. The summed E-state index contributed by atoms with van der Waals surface area (Å²) in [6.45, 7) is 2.65. The summed E-state index contributed by atoms with van der Waals surface area (Å²) in [5, 5.41) is 15.2. The number of thiazole rings is 1. The molecule has 1 saturated heterocycles. The van der Waals surface area contributed by atoms with Crippen LogP contribution in [0.25, 0.3) is 0 Å². The van der Waals surface area contributed by atoms with Gasteiger partial charge in [0.25, 0.3) is 0 Å². The maximum Gasteiger partial charge on any atom is 0.325 e. The molecular weight excluding hydrogens is 368 g/mol. The van der Waals surface area contributed by atoms with Gasteiger partial charge in [-0.25, -0.2) is 9.78 Å². The van der Waals surface area contributed by atoms with Gasteiger partial charge in [-0.15, -0.1) is 11.3 Å². The van der Waals surface area contributed by atoms with Gasteiger partial charge < -0.3 is 20.1 Å². The second-order valence-corrected chi connectivity index (χ2v) is 7.21. The molecule has 144 valence electrons. The molecule has 0 bridgehead atoms. The Labute approximate surface area is 161 Å². The number of aliphatic carboxylic acids is 1. The van der Waals surface area contributed by atoms with E-state index in [1.165, 1.54) is 11.3 Å². The summed E-state index contributed by atoms with van der Waals surface area (Å²) in [6.07, 6.45) is 1.70. The quantitative estimate of drug-likeness (QED) is 0.786. The predicted molar refractivity (Wildman–Crippen MR) is 102 cm³/mol. The molecule has 2 amide bonds. The molecule has 1 aliphatic heterocycles. The van der Waals surface area contributed by atoms with Gasteiger partial charge in [-0.3, -0.25) is 9.69 Å². The van der Waals surface area contributed by atoms with E-state index in [4.69, 9.17) is 4.74 Å². The highest BCUT2D eigenvalue weighted by atomic mass is 32.1. The molecule has 2 heterocycles. The van der Waals surface area contributed by atoms with Crippen molar-refractivity contribution in [1.82, 2.24) is 14.8 Å². The molecule has 3 rings (SSSR count). The van der Waals surface area contributed by atoms with E-state index in [1.807, 2.05) is 5.38 Å². The number of carboxylic acid groups (broad SMARTS) is 1. The number of nitrogens with zero attached hydrogens (tertiary/aromatic N) is 3. The van der Waals surface area contributed by atoms with Crippen molar-refractivity contribution in [2.24, 2.45) is 0 Å². The minimum Gasteiger partial charge on any atom is -0.480 e. The number of hydrogen-bond donors (Lipinski definition) is 2. The fourth-order valence-electron chi connectivity index (χ4n) is 2.94. The zero-order valence-electron chi connectivity index (χ0n) is 15.0. The van der Waals surface area contributed by atoms with Gasteiger partial charge in [-0.1, -0.05) is 12.1 Å². The number of anilines is 1. The average molecular weight is 390 g/mol. The summed E-state index contributed by atoms with van der Waals surface area (Å²) < 4.78 is 5.24. The van der Waals surface area contributed by atoms with Gasteiger partial charge >= 0.3 is 12.0 Å². The van der Waals surface area contributed by atoms with Crippen LogP contribution in [0.15, 0.2) is 35.8 Å². The molecule has 9 heteroatoms. The van der Waals surface area contributed by atoms with Crippen molar-refractivity contribution >= 4 is 29.0 Å². The van der Waals surface area contributed by atoms with Crippen LogP contribution in [0.4, 0.5) is 10.5 Å². The van der Waals surface area contributed by atoms with Crippen molar-refractivity contribution in [3.05, 3.63) is 46.4 Å². The summed E-state index contributed by atoms with van der Waals surface area (Å²) in [4.78, 5) is 31.7. The average Bonchev–Trinajstić information content (AvgIpc) is 3.16. The topological polar surface area (TPSA) is 95.0 Å². The molecule has 0 saturated carbocycles. The van der Waals surface area contributed by atoms with Crippen LogP contribution in [0.5, 0.6) is 0 Å². The molecule has 0 aliphatic carbocycles. The first-order valence-corrected chi connectivity index (χ1v) is 9.47. The Balaban J connectivity index is 1.66. The van der Waals surface area contributed by atoms with E-state index in [0.29, 0.717) is 44.1 Å². The Morgan fingerprint density at radius 3 is 2.63 bits per heavy atom. The molecule has 2 aromatic rings. The number of likely N-dealkylation sites (N-methyl/N-ethyl adjacent to an activating group) is 1. The number of nitrogens with one attached hydrogen (secondary N) is 1. The summed E-state index contributed by atoms with van der Waals surface area (Å²) in [6, 6.07) is 5.93. The van der Waals surface area contributed by atoms with Gasteiger partial charge in [0.15, 0.2) is 0 Å². The molecular formula is C18H22N4O4S. The van der Waals surface area contributed by atoms with E-state index >= 15 is 0 Å². The minimum absolute atomic E-state index is 0.179. The third-order valence-electron chi connectivity index (χ3n) is 4.32. The van der Waals surface area contributed by atoms with Crippen LogP contribution >= 0.6 is 11.3 Å². The van der Waals surface area contributed by atoms with Gasteiger partial charge in [0.1, 0.15) is 11.0 Å². The number of carboxylic acids is 1. The Morgan fingerprint density at radius 1 is 1.33 bits per heavy atom. The monoisotopic (exact) mass is 390 g/mol. The number of carbonyl (C=O) groups is 2. The number of amides is 2. The molecule has 1 aromatic carbocycles. The zero-order valence-corrected chi connectivity index (χ0v) is 15.8. The molecule has 1 aliphatic rings. The number of carbonyl (C=O) groups excluding carboxylic acids is 1. The fraction of sp³-hybridized carbons (Fsp3) is 0.389. The van der Waals surface area contributed by atoms with Crippen LogP contribution < -0.4 is 5.32 Å². The van der Waals surface area contributed by atoms with Crippen molar-refractivity contribution in [3.63, 3.8) is 0 Å². The molecule has 1 fully saturated rings. The summed E-state index contributed by atoms with van der Waals surface area (Å²) >= 11 is 1.49. The van der Waals surface area contributed by atoms with Gasteiger partial charge in [0.05, 0.1) is 19.8 Å². The number of urea groups is 1. The van der Waals surface area contributed by atoms with Crippen molar-refractivity contribution in [2.45, 2.75) is 12.6 Å². The van der Waals surface area contributed by atoms with Gasteiger partial charge in [-0.2, -0.15) is 0 Å². The van der Waals surface area contributed by atoms with Crippen LogP contribution in [0, 0.1) is 0 Å². The standard InChI is InChI=1S/C18H22N4O4S/c1-21(12-15-19-6-11-27-15)16(17(23)24)13-2-4-14(5-3-13)20-18(25)22-7-9-26-10-8-22/h2-6,11,16H,7-10,12H2,1H3,(H,20,25)(H,23,24)/t16-/m0/s1. The second kappa shape index (κ2) is 8.94. The largest absolute Gasteiger partial charge is 0.480 e. The van der Waals surface area contributed by atoms with Crippen molar-refractivity contribution < 1.29 is 19.4 Å². The third kappa shape index (κ3) is 5.03. The number of rotatable bonds is 6. The molecule has 0 radical (unpaired) electrons. The van der Waals surface area contributed by atoms with Crippen LogP contribution in [-0.4, -0.2) is 65.2 Å². The third-order valence-corrected chi connectivity index (χ3v) is 5.08. The van der Waals surface area contributed by atoms with Crippen molar-refractivity contribution in [1.29, 1.82) is 0 Å². The van der Waals surface area contributed by atoms with Gasteiger partial charge in [0.2, 0.25) is 0 Å². The highest BCUT2D eigenvalue weighted by Crippen LogP contribution is 2.24. The number of aromatic nitrogens is 1. The fourth-order valence-corrected chi connectivity index (χ4v) is 3.62. The molecule has 1 atom stereocenters. The van der Waals surface area contributed by atoms with E-state index in [9.17, 15) is 14.7 Å². The van der Waals surface area contributed by atoms with Crippen molar-refractivity contribution in [2.75, 3.05) is 38.7 Å². The number of benzene rings is 1. The lowest BCUT2D eigenvalue weighted by Gasteiger charge is -2.27. The lowest BCUT2D eigenvalue weighted by Crippen LogP contribution is -2.43. The van der Waals surface area contributed by atoms with E-state index in [-0.39, 0.29) is 6.03 Å². The first-order chi connectivity index (χ1) is 13.0. The molecule has 1 aromatic heterocycles. The summed E-state index contributed by atoms with van der Waals surface area (Å²) in [5.74, 6) is -0.931. The zero-order chi connectivity index (χ0) is 19.2. The smallest absolute Gasteiger partial charge is 0.325 e. The van der Waals surface area contributed by atoms with Crippen LogP contribution in [-0.2, 0) is 16.1 Å². The van der Waals surface area contributed by atoms with Crippen molar-refractivity contribution in [3.8, 4) is 0 Å². The molecule has 27 heavy (non-hydrogen) atoms. The summed E-state index contributed by atoms with van der Waals surface area (Å²) in [7, 11) is 1.76. The van der Waals surface area contributed by atoms with Gasteiger partial charge in [-0.05, 0) is 24.7 Å². The highest BCUT2D eigenvalue weighted by Gasteiger charge is 2.25. The van der Waals surface area contributed by atoms with E-state index < -0.39 is 12.0 Å². The normalized spacial score (nSPS) is 15.6. The molecule has 8 nitrogen and oxygen atoms in total. The maximum atomic E-state index is 12.2. The van der Waals surface area contributed by atoms with Gasteiger partial charge in [0, 0.05) is 30.4 Å². The lowest BCUT2D eigenvalue weighted by atomic mass is 10.1. The van der Waals surface area contributed by atoms with Crippen LogP contribution in [0.2, 0.25) is 0 Å². The van der Waals surface area contributed by atoms with E-state index in [2.05, 4.69) is 10.3 Å². The van der Waals surface area contributed by atoms with Crippen LogP contribution in [0.1, 0.15) is 16.6 Å². The second-order valence-electron chi connectivity index (χ2n) is 6.23. The van der Waals surface area contributed by atoms with E-state index in [0.717, 1.165) is 5.01 Å². The molecule has 2 N–H and O–H groups in total. The Hall–Kier alpha value is -2.49. The number of morpholine rings is 1. The first-order valence-electron chi connectivity index (χ1n) is 8.59. The Kier molecular flexibility index (Phi) is 6.38.